The van der Waals surface area contributed by atoms with Crippen molar-refractivity contribution in [1.29, 1.82) is 0 Å². The van der Waals surface area contributed by atoms with E-state index in [1.54, 1.807) is 35.7 Å². The predicted molar refractivity (Wildman–Crippen MR) is 150 cm³/mol. The molecule has 0 bridgehead atoms. The Morgan fingerprint density at radius 2 is 1.23 bits per heavy atom. The van der Waals surface area contributed by atoms with E-state index in [1.165, 1.54) is 12.1 Å². The second-order valence-electron chi connectivity index (χ2n) is 12.2. The smallest absolute Gasteiger partial charge is 0.335 e. The number of ketones is 1. The van der Waals surface area contributed by atoms with Crippen molar-refractivity contribution in [3.63, 3.8) is 0 Å². The van der Waals surface area contributed by atoms with E-state index in [9.17, 15) is 14.7 Å². The quantitative estimate of drug-likeness (QED) is 0.256. The summed E-state index contributed by atoms with van der Waals surface area (Å²) >= 11 is 3.55. The van der Waals surface area contributed by atoms with Crippen LogP contribution in [0.4, 0.5) is 0 Å². The summed E-state index contributed by atoms with van der Waals surface area (Å²) in [6.07, 6.45) is 0.890. The van der Waals surface area contributed by atoms with Gasteiger partial charge in [-0.25, -0.2) is 4.79 Å². The lowest BCUT2D eigenvalue weighted by molar-refractivity contribution is -0.0110. The van der Waals surface area contributed by atoms with Gasteiger partial charge in [-0.2, -0.15) is 23.5 Å². The fraction of sp³-hybridized carbons (Fsp3) is 0.714. The molecule has 0 aliphatic heterocycles. The van der Waals surface area contributed by atoms with Crippen LogP contribution < -0.4 is 0 Å². The van der Waals surface area contributed by atoms with E-state index in [0.29, 0.717) is 30.3 Å². The number of ether oxygens (including phenoxy) is 2. The van der Waals surface area contributed by atoms with Gasteiger partial charge in [0.1, 0.15) is 0 Å². The molecule has 5 nitrogen and oxygen atoms in total. The van der Waals surface area contributed by atoms with Gasteiger partial charge in [0.2, 0.25) is 0 Å². The van der Waals surface area contributed by atoms with E-state index in [4.69, 9.17) is 9.47 Å². The molecule has 0 saturated carbocycles. The summed E-state index contributed by atoms with van der Waals surface area (Å²) in [5.41, 5.74) is 0.355. The Balaban J connectivity index is 2.93. The molecular weight excluding hydrogens is 480 g/mol. The van der Waals surface area contributed by atoms with Crippen LogP contribution in [0.1, 0.15) is 96.4 Å². The van der Waals surface area contributed by atoms with E-state index in [2.05, 4.69) is 48.5 Å². The first-order chi connectivity index (χ1) is 15.8. The number of rotatable bonds is 14. The van der Waals surface area contributed by atoms with E-state index < -0.39 is 5.97 Å². The van der Waals surface area contributed by atoms with Crippen LogP contribution in [0.15, 0.2) is 24.3 Å². The van der Waals surface area contributed by atoms with Crippen LogP contribution in [0, 0.1) is 5.92 Å². The summed E-state index contributed by atoms with van der Waals surface area (Å²) in [6.45, 7) is 22.3. The maximum Gasteiger partial charge on any atom is 0.335 e. The lowest BCUT2D eigenvalue weighted by atomic mass is 10.00. The fourth-order valence-electron chi connectivity index (χ4n) is 2.97. The van der Waals surface area contributed by atoms with Gasteiger partial charge >= 0.3 is 5.97 Å². The zero-order valence-corrected chi connectivity index (χ0v) is 25.0. The Kier molecular flexibility index (Phi) is 11.9. The molecule has 0 heterocycles. The number of hydrogen-bond acceptors (Lipinski definition) is 6. The number of carbonyl (C=O) groups excluding carboxylic acids is 1. The summed E-state index contributed by atoms with van der Waals surface area (Å²) in [6, 6.07) is 6.26. The molecule has 0 aliphatic rings. The minimum absolute atomic E-state index is 0.0352. The number of Topliss-reactive ketones (excluding diaryl/α,β-unsaturated/α-hetero) is 1. The van der Waals surface area contributed by atoms with Gasteiger partial charge in [-0.3, -0.25) is 4.79 Å². The zero-order valence-electron chi connectivity index (χ0n) is 23.3. The number of carbonyl (C=O) groups is 2. The first-order valence-electron chi connectivity index (χ1n) is 12.2. The standard InChI is InChI=1S/C28H46O5S2/c1-25(2,3)32-16-15-27(7,8)34-17-22(18-35-28(9,10)19-33-26(4,5)6)23(29)20-11-13-21(14-12-20)24(30)31/h11-14,22H,15-19H2,1-10H3,(H,30,31). The van der Waals surface area contributed by atoms with Crippen LogP contribution in [-0.4, -0.2) is 62.3 Å². The summed E-state index contributed by atoms with van der Waals surface area (Å²) in [4.78, 5) is 24.7. The van der Waals surface area contributed by atoms with Crippen molar-refractivity contribution in [2.45, 2.75) is 96.4 Å². The molecule has 1 aromatic rings. The van der Waals surface area contributed by atoms with Gasteiger partial charge in [0.25, 0.3) is 0 Å². The molecule has 0 aromatic heterocycles. The highest BCUT2D eigenvalue weighted by Gasteiger charge is 2.30. The number of hydrogen-bond donors (Lipinski definition) is 1. The minimum atomic E-state index is -0.994. The summed E-state index contributed by atoms with van der Waals surface area (Å²) in [5, 5.41) is 9.19. The van der Waals surface area contributed by atoms with Crippen LogP contribution in [0.3, 0.4) is 0 Å². The van der Waals surface area contributed by atoms with Gasteiger partial charge in [0.15, 0.2) is 5.78 Å². The van der Waals surface area contributed by atoms with Crippen LogP contribution in [-0.2, 0) is 9.47 Å². The van der Waals surface area contributed by atoms with Crippen LogP contribution in [0.25, 0.3) is 0 Å². The Morgan fingerprint density at radius 3 is 1.69 bits per heavy atom. The van der Waals surface area contributed by atoms with E-state index in [0.717, 1.165) is 6.42 Å². The monoisotopic (exact) mass is 526 g/mol. The number of carboxylic acids is 1. The SMILES string of the molecule is CC(C)(C)OCCC(C)(C)SCC(CSC(C)(C)COC(C)(C)C)C(=O)c1ccc(C(=O)O)cc1. The Labute approximate surface area is 221 Å². The maximum absolute atomic E-state index is 13.5. The first kappa shape index (κ1) is 32.0. The van der Waals surface area contributed by atoms with Gasteiger partial charge in [0, 0.05) is 39.1 Å². The second-order valence-corrected chi connectivity index (χ2v) is 15.7. The molecular formula is C28H46O5S2. The average Bonchev–Trinajstić information content (AvgIpc) is 2.70. The molecule has 1 unspecified atom stereocenters. The molecule has 0 spiro atoms. The molecule has 0 amide bonds. The van der Waals surface area contributed by atoms with Crippen LogP contribution in [0.5, 0.6) is 0 Å². The molecule has 0 aliphatic carbocycles. The third-order valence-corrected chi connectivity index (χ3v) is 8.25. The Bertz CT molecular complexity index is 817. The number of benzene rings is 1. The molecule has 1 rings (SSSR count). The number of thioether (sulfide) groups is 2. The summed E-state index contributed by atoms with van der Waals surface area (Å²) in [5.74, 6) is 0.215. The lowest BCUT2D eigenvalue weighted by Crippen LogP contribution is -2.32. The topological polar surface area (TPSA) is 72.8 Å². The summed E-state index contributed by atoms with van der Waals surface area (Å²) in [7, 11) is 0. The third kappa shape index (κ3) is 13.7. The van der Waals surface area contributed by atoms with Gasteiger partial charge < -0.3 is 14.6 Å². The van der Waals surface area contributed by atoms with Crippen LogP contribution >= 0.6 is 23.5 Å². The van der Waals surface area contributed by atoms with Gasteiger partial charge in [-0.1, -0.05) is 26.0 Å². The first-order valence-corrected chi connectivity index (χ1v) is 14.2. The highest BCUT2D eigenvalue weighted by atomic mass is 32.2. The fourth-order valence-corrected chi connectivity index (χ4v) is 5.33. The summed E-state index contributed by atoms with van der Waals surface area (Å²) < 4.78 is 11.8. The van der Waals surface area contributed by atoms with Crippen molar-refractivity contribution in [2.24, 2.45) is 5.92 Å². The van der Waals surface area contributed by atoms with Crippen molar-refractivity contribution in [3.05, 3.63) is 35.4 Å². The van der Waals surface area contributed by atoms with Gasteiger partial charge in [-0.05, 0) is 73.9 Å². The Hall–Kier alpha value is -1.02. The number of aromatic carboxylic acids is 1. The second kappa shape index (κ2) is 13.0. The van der Waals surface area contributed by atoms with E-state index in [1.807, 2.05) is 20.8 Å². The predicted octanol–water partition coefficient (Wildman–Crippen LogP) is 7.23. The molecule has 1 N–H and O–H groups in total. The third-order valence-electron chi connectivity index (χ3n) is 5.23. The van der Waals surface area contributed by atoms with Crippen molar-refractivity contribution in [1.82, 2.24) is 0 Å². The van der Waals surface area contributed by atoms with Gasteiger partial charge in [0.05, 0.1) is 23.4 Å². The molecule has 1 atom stereocenters. The Morgan fingerprint density at radius 1 is 0.771 bits per heavy atom. The number of carboxylic acid groups (broad SMARTS) is 1. The largest absolute Gasteiger partial charge is 0.478 e. The normalized spacial score (nSPS) is 14.1. The van der Waals surface area contributed by atoms with Crippen molar-refractivity contribution >= 4 is 35.3 Å². The van der Waals surface area contributed by atoms with E-state index >= 15 is 0 Å². The molecule has 0 radical (unpaired) electrons. The zero-order chi connectivity index (χ0) is 27.1. The van der Waals surface area contributed by atoms with Gasteiger partial charge in [-0.15, -0.1) is 0 Å². The molecule has 7 heteroatoms. The van der Waals surface area contributed by atoms with Crippen molar-refractivity contribution in [3.8, 4) is 0 Å². The maximum atomic E-state index is 13.5. The molecule has 0 fully saturated rings. The van der Waals surface area contributed by atoms with Crippen LogP contribution in [0.2, 0.25) is 0 Å². The highest BCUT2D eigenvalue weighted by Crippen LogP contribution is 2.35. The molecule has 0 saturated heterocycles. The van der Waals surface area contributed by atoms with E-state index in [-0.39, 0.29) is 38.0 Å². The lowest BCUT2D eigenvalue weighted by Gasteiger charge is -2.31. The molecule has 35 heavy (non-hydrogen) atoms. The highest BCUT2D eigenvalue weighted by molar-refractivity contribution is 8.01. The molecule has 1 aromatic carbocycles. The molecule has 200 valence electrons. The average molecular weight is 527 g/mol. The minimum Gasteiger partial charge on any atom is -0.478 e. The van der Waals surface area contributed by atoms with Crippen molar-refractivity contribution in [2.75, 3.05) is 24.7 Å². The van der Waals surface area contributed by atoms with Crippen molar-refractivity contribution < 1.29 is 24.2 Å².